The van der Waals surface area contributed by atoms with Crippen molar-refractivity contribution in [1.29, 1.82) is 0 Å². The first-order chi connectivity index (χ1) is 9.48. The Morgan fingerprint density at radius 2 is 1.55 bits per heavy atom. The lowest BCUT2D eigenvalue weighted by Gasteiger charge is -2.10. The molecule has 0 fully saturated rings. The lowest BCUT2D eigenvalue weighted by molar-refractivity contribution is 0.0959. The van der Waals surface area contributed by atoms with Crippen molar-refractivity contribution in [2.45, 2.75) is 4.90 Å². The number of carbonyl (C=O) groups is 1. The van der Waals surface area contributed by atoms with E-state index >= 15 is 0 Å². The van der Waals surface area contributed by atoms with Gasteiger partial charge in [-0.05, 0) is 24.3 Å². The van der Waals surface area contributed by atoms with E-state index in [4.69, 9.17) is 4.55 Å². The summed E-state index contributed by atoms with van der Waals surface area (Å²) in [5.41, 5.74) is 5.51. The van der Waals surface area contributed by atoms with E-state index in [9.17, 15) is 13.2 Å². The molecule has 1 amide bonds. The van der Waals surface area contributed by atoms with Gasteiger partial charge in [0.15, 0.2) is 0 Å². The number of benzene rings is 2. The highest BCUT2D eigenvalue weighted by molar-refractivity contribution is 7.86. The molecule has 0 aliphatic heterocycles. The van der Waals surface area contributed by atoms with Crippen LogP contribution in [0.15, 0.2) is 59.5 Å². The largest absolute Gasteiger partial charge is 0.298 e. The first-order valence-electron chi connectivity index (χ1n) is 5.66. The van der Waals surface area contributed by atoms with Crippen molar-refractivity contribution >= 4 is 21.7 Å². The van der Waals surface area contributed by atoms with Crippen LogP contribution in [-0.4, -0.2) is 18.9 Å². The molecule has 20 heavy (non-hydrogen) atoms. The van der Waals surface area contributed by atoms with Crippen molar-refractivity contribution in [3.05, 3.63) is 60.2 Å². The molecule has 0 aliphatic carbocycles. The predicted octanol–water partition coefficient (Wildman–Crippen LogP) is 1.69. The van der Waals surface area contributed by atoms with Crippen LogP contribution in [0.25, 0.3) is 0 Å². The normalized spacial score (nSPS) is 10.8. The molecule has 0 radical (unpaired) electrons. The van der Waals surface area contributed by atoms with Crippen molar-refractivity contribution < 1.29 is 17.8 Å². The first-order valence-corrected chi connectivity index (χ1v) is 7.10. The van der Waals surface area contributed by atoms with Crippen LogP contribution in [0.3, 0.4) is 0 Å². The zero-order valence-corrected chi connectivity index (χ0v) is 11.1. The minimum Gasteiger partial charge on any atom is -0.298 e. The van der Waals surface area contributed by atoms with Crippen molar-refractivity contribution in [3.63, 3.8) is 0 Å². The SMILES string of the molecule is O=C(NNc1ccccc1)c1ccccc1S(=O)(=O)O. The van der Waals surface area contributed by atoms with Crippen LogP contribution >= 0.6 is 0 Å². The maximum Gasteiger partial charge on any atom is 0.295 e. The third kappa shape index (κ3) is 3.34. The van der Waals surface area contributed by atoms with Gasteiger partial charge < -0.3 is 0 Å². The van der Waals surface area contributed by atoms with E-state index in [-0.39, 0.29) is 5.56 Å². The van der Waals surface area contributed by atoms with Crippen LogP contribution in [0.1, 0.15) is 10.4 Å². The zero-order valence-electron chi connectivity index (χ0n) is 10.3. The Kier molecular flexibility index (Phi) is 4.02. The first kappa shape index (κ1) is 14.0. The number of amides is 1. The summed E-state index contributed by atoms with van der Waals surface area (Å²) < 4.78 is 31.5. The van der Waals surface area contributed by atoms with Crippen LogP contribution in [0.4, 0.5) is 5.69 Å². The summed E-state index contributed by atoms with van der Waals surface area (Å²) in [6.07, 6.45) is 0. The lowest BCUT2D eigenvalue weighted by Crippen LogP contribution is -2.30. The monoisotopic (exact) mass is 292 g/mol. The van der Waals surface area contributed by atoms with E-state index in [1.807, 2.05) is 6.07 Å². The number of carbonyl (C=O) groups excluding carboxylic acids is 1. The molecular weight excluding hydrogens is 280 g/mol. The summed E-state index contributed by atoms with van der Waals surface area (Å²) in [5, 5.41) is 0. The van der Waals surface area contributed by atoms with Gasteiger partial charge in [0.25, 0.3) is 16.0 Å². The molecule has 104 valence electrons. The molecule has 0 saturated heterocycles. The van der Waals surface area contributed by atoms with Crippen molar-refractivity contribution in [2.75, 3.05) is 5.43 Å². The molecule has 2 aromatic rings. The fourth-order valence-corrected chi connectivity index (χ4v) is 2.29. The molecule has 0 heterocycles. The number of hydrogen-bond acceptors (Lipinski definition) is 4. The van der Waals surface area contributed by atoms with Crippen molar-refractivity contribution in [1.82, 2.24) is 5.43 Å². The Hall–Kier alpha value is -2.38. The van der Waals surface area contributed by atoms with E-state index in [2.05, 4.69) is 10.9 Å². The molecule has 0 unspecified atom stereocenters. The highest BCUT2D eigenvalue weighted by Gasteiger charge is 2.19. The smallest absolute Gasteiger partial charge is 0.295 e. The number of hydrazine groups is 1. The van der Waals surface area contributed by atoms with Gasteiger partial charge in [-0.3, -0.25) is 20.2 Å². The summed E-state index contributed by atoms with van der Waals surface area (Å²) in [6, 6.07) is 14.2. The molecule has 7 heteroatoms. The summed E-state index contributed by atoms with van der Waals surface area (Å²) in [6.45, 7) is 0. The topological polar surface area (TPSA) is 95.5 Å². The number of hydrogen-bond donors (Lipinski definition) is 3. The van der Waals surface area contributed by atoms with Crippen LogP contribution in [0, 0.1) is 0 Å². The van der Waals surface area contributed by atoms with Gasteiger partial charge in [-0.2, -0.15) is 8.42 Å². The molecule has 0 bridgehead atoms. The summed E-state index contributed by atoms with van der Waals surface area (Å²) >= 11 is 0. The Morgan fingerprint density at radius 3 is 2.20 bits per heavy atom. The Balaban J connectivity index is 2.18. The molecule has 0 saturated carbocycles. The number of anilines is 1. The molecule has 0 spiro atoms. The fraction of sp³-hybridized carbons (Fsp3) is 0. The second-order valence-electron chi connectivity index (χ2n) is 3.92. The van der Waals surface area contributed by atoms with Gasteiger partial charge in [0.2, 0.25) is 0 Å². The molecule has 0 aromatic heterocycles. The molecule has 0 atom stereocenters. The highest BCUT2D eigenvalue weighted by atomic mass is 32.2. The standard InChI is InChI=1S/C13H12N2O4S/c16-13(15-14-10-6-2-1-3-7-10)11-8-4-5-9-12(11)20(17,18)19/h1-9,14H,(H,15,16)(H,17,18,19). The molecule has 6 nitrogen and oxygen atoms in total. The number of rotatable bonds is 4. The van der Waals surface area contributed by atoms with E-state index in [0.717, 1.165) is 6.07 Å². The van der Waals surface area contributed by atoms with E-state index in [1.54, 1.807) is 24.3 Å². The van der Waals surface area contributed by atoms with Crippen molar-refractivity contribution in [3.8, 4) is 0 Å². The zero-order chi connectivity index (χ0) is 14.6. The Bertz CT molecular complexity index is 714. The average molecular weight is 292 g/mol. The lowest BCUT2D eigenvalue weighted by atomic mass is 10.2. The average Bonchev–Trinajstić information content (AvgIpc) is 2.45. The van der Waals surface area contributed by atoms with Gasteiger partial charge in [-0.1, -0.05) is 30.3 Å². The second kappa shape index (κ2) is 5.72. The van der Waals surface area contributed by atoms with E-state index in [0.29, 0.717) is 5.69 Å². The molecule has 0 aliphatic rings. The van der Waals surface area contributed by atoms with E-state index in [1.165, 1.54) is 18.2 Å². The van der Waals surface area contributed by atoms with Crippen LogP contribution in [0.2, 0.25) is 0 Å². The van der Waals surface area contributed by atoms with Gasteiger partial charge in [0.1, 0.15) is 4.90 Å². The fourth-order valence-electron chi connectivity index (χ4n) is 1.60. The molecular formula is C13H12N2O4S. The number of para-hydroxylation sites is 1. The molecule has 2 rings (SSSR count). The second-order valence-corrected chi connectivity index (χ2v) is 5.31. The molecule has 3 N–H and O–H groups in total. The van der Waals surface area contributed by atoms with Gasteiger partial charge in [0.05, 0.1) is 11.3 Å². The summed E-state index contributed by atoms with van der Waals surface area (Å²) in [7, 11) is -4.45. The minimum atomic E-state index is -4.45. The van der Waals surface area contributed by atoms with Crippen LogP contribution in [-0.2, 0) is 10.1 Å². The minimum absolute atomic E-state index is 0.140. The van der Waals surface area contributed by atoms with E-state index < -0.39 is 20.9 Å². The van der Waals surface area contributed by atoms with Crippen molar-refractivity contribution in [2.24, 2.45) is 0 Å². The van der Waals surface area contributed by atoms with Gasteiger partial charge >= 0.3 is 0 Å². The van der Waals surface area contributed by atoms with Crippen LogP contribution < -0.4 is 10.9 Å². The third-order valence-corrected chi connectivity index (χ3v) is 3.42. The number of nitrogens with one attached hydrogen (secondary N) is 2. The molecule has 2 aromatic carbocycles. The van der Waals surface area contributed by atoms with Gasteiger partial charge in [0, 0.05) is 0 Å². The van der Waals surface area contributed by atoms with Gasteiger partial charge in [-0.25, -0.2) is 0 Å². The Morgan fingerprint density at radius 1 is 0.950 bits per heavy atom. The maximum atomic E-state index is 11.9. The summed E-state index contributed by atoms with van der Waals surface area (Å²) in [5.74, 6) is -0.665. The Labute approximate surface area is 116 Å². The third-order valence-electron chi connectivity index (χ3n) is 2.50. The quantitative estimate of drug-likeness (QED) is 0.588. The maximum absolute atomic E-state index is 11.9. The van der Waals surface area contributed by atoms with Gasteiger partial charge in [-0.15, -0.1) is 0 Å². The van der Waals surface area contributed by atoms with Crippen LogP contribution in [0.5, 0.6) is 0 Å². The highest BCUT2D eigenvalue weighted by Crippen LogP contribution is 2.15. The summed E-state index contributed by atoms with van der Waals surface area (Å²) in [4.78, 5) is 11.5. The predicted molar refractivity (Wildman–Crippen MR) is 73.8 cm³/mol.